The van der Waals surface area contributed by atoms with Gasteiger partial charge in [-0.25, -0.2) is 9.78 Å². The Morgan fingerprint density at radius 3 is 2.85 bits per heavy atom. The third kappa shape index (κ3) is 6.43. The molecule has 0 aliphatic carbocycles. The Labute approximate surface area is 124 Å². The Bertz CT molecular complexity index is 496. The van der Waals surface area contributed by atoms with Gasteiger partial charge in [-0.1, -0.05) is 23.8 Å². The highest BCUT2D eigenvalue weighted by Crippen LogP contribution is 2.17. The third-order valence-corrected chi connectivity index (χ3v) is 2.48. The van der Waals surface area contributed by atoms with Crippen LogP contribution in [0.2, 0.25) is 5.02 Å². The van der Waals surface area contributed by atoms with Gasteiger partial charge in [0, 0.05) is 12.7 Å². The monoisotopic (exact) mass is 297 g/mol. The van der Waals surface area contributed by atoms with Crippen LogP contribution in [0.3, 0.4) is 0 Å². The molecule has 20 heavy (non-hydrogen) atoms. The summed E-state index contributed by atoms with van der Waals surface area (Å²) in [7, 11) is 0. The number of alkyl carbamates (subject to hydrolysis) is 1. The Hall–Kier alpha value is -1.75. The van der Waals surface area contributed by atoms with E-state index >= 15 is 0 Å². The predicted octanol–water partition coefficient (Wildman–Crippen LogP) is 3.25. The first-order chi connectivity index (χ1) is 9.28. The summed E-state index contributed by atoms with van der Waals surface area (Å²) < 4.78 is 5.12. The highest BCUT2D eigenvalue weighted by molar-refractivity contribution is 6.32. The quantitative estimate of drug-likeness (QED) is 0.836. The van der Waals surface area contributed by atoms with Gasteiger partial charge >= 0.3 is 6.09 Å². The average Bonchev–Trinajstić information content (AvgIpc) is 2.31. The van der Waals surface area contributed by atoms with Crippen LogP contribution in [0.1, 0.15) is 32.8 Å². The van der Waals surface area contributed by atoms with Gasteiger partial charge in [0.05, 0.1) is 5.02 Å². The lowest BCUT2D eigenvalue weighted by Crippen LogP contribution is -2.32. The number of rotatable bonds is 4. The lowest BCUT2D eigenvalue weighted by Gasteiger charge is -2.19. The minimum atomic E-state index is -0.480. The van der Waals surface area contributed by atoms with E-state index in [2.05, 4.69) is 10.3 Å². The third-order valence-electron chi connectivity index (χ3n) is 2.18. The SMILES string of the molecule is CC(C)(C)OC(=O)NCC/C=C/c1cnc(N)c(Cl)c1. The smallest absolute Gasteiger partial charge is 0.407 e. The number of hydrogen-bond acceptors (Lipinski definition) is 4. The number of nitrogens with one attached hydrogen (secondary N) is 1. The second-order valence-electron chi connectivity index (χ2n) is 5.26. The van der Waals surface area contributed by atoms with E-state index in [0.29, 0.717) is 23.8 Å². The molecule has 0 aliphatic rings. The lowest BCUT2D eigenvalue weighted by molar-refractivity contribution is 0.0529. The highest BCUT2D eigenvalue weighted by atomic mass is 35.5. The molecule has 1 aromatic rings. The molecular formula is C14H20ClN3O2. The number of nitrogen functional groups attached to an aromatic ring is 1. The summed E-state index contributed by atoms with van der Waals surface area (Å²) in [6.45, 7) is 5.97. The van der Waals surface area contributed by atoms with Crippen LogP contribution < -0.4 is 11.1 Å². The van der Waals surface area contributed by atoms with Gasteiger partial charge in [0.2, 0.25) is 0 Å². The normalized spacial score (nSPS) is 11.6. The van der Waals surface area contributed by atoms with E-state index in [1.807, 2.05) is 32.9 Å². The number of hydrogen-bond donors (Lipinski definition) is 2. The summed E-state index contributed by atoms with van der Waals surface area (Å²) in [6, 6.07) is 1.74. The van der Waals surface area contributed by atoms with E-state index in [0.717, 1.165) is 5.56 Å². The molecule has 1 heterocycles. The van der Waals surface area contributed by atoms with Crippen LogP contribution in [-0.2, 0) is 4.74 Å². The summed E-state index contributed by atoms with van der Waals surface area (Å²) in [5.74, 6) is 0.315. The molecular weight excluding hydrogens is 278 g/mol. The van der Waals surface area contributed by atoms with Crippen LogP contribution in [0.5, 0.6) is 0 Å². The van der Waals surface area contributed by atoms with Crippen molar-refractivity contribution in [2.75, 3.05) is 12.3 Å². The van der Waals surface area contributed by atoms with Crippen LogP contribution in [0.4, 0.5) is 10.6 Å². The molecule has 0 radical (unpaired) electrons. The van der Waals surface area contributed by atoms with Gasteiger partial charge in [0.15, 0.2) is 0 Å². The molecule has 0 fully saturated rings. The Morgan fingerprint density at radius 1 is 1.55 bits per heavy atom. The number of anilines is 1. The van der Waals surface area contributed by atoms with Crippen LogP contribution >= 0.6 is 11.6 Å². The molecule has 0 unspecified atom stereocenters. The van der Waals surface area contributed by atoms with Crippen molar-refractivity contribution < 1.29 is 9.53 Å². The Kier molecular flexibility index (Phi) is 5.82. The van der Waals surface area contributed by atoms with E-state index in [9.17, 15) is 4.79 Å². The summed E-state index contributed by atoms with van der Waals surface area (Å²) in [4.78, 5) is 15.3. The molecule has 0 spiro atoms. The number of nitrogens with zero attached hydrogens (tertiary/aromatic N) is 1. The van der Waals surface area contributed by atoms with Crippen molar-refractivity contribution in [2.45, 2.75) is 32.8 Å². The maximum absolute atomic E-state index is 11.4. The van der Waals surface area contributed by atoms with Gasteiger partial charge in [0.25, 0.3) is 0 Å². The fourth-order valence-corrected chi connectivity index (χ4v) is 1.52. The Morgan fingerprint density at radius 2 is 2.25 bits per heavy atom. The predicted molar refractivity (Wildman–Crippen MR) is 81.5 cm³/mol. The second kappa shape index (κ2) is 7.14. The number of carbonyl (C=O) groups is 1. The molecule has 110 valence electrons. The molecule has 6 heteroatoms. The van der Waals surface area contributed by atoms with Gasteiger partial charge in [-0.3, -0.25) is 0 Å². The first-order valence-electron chi connectivity index (χ1n) is 6.32. The molecule has 1 aromatic heterocycles. The second-order valence-corrected chi connectivity index (χ2v) is 5.66. The minimum absolute atomic E-state index is 0.315. The number of aromatic nitrogens is 1. The number of ether oxygens (including phenoxy) is 1. The van der Waals surface area contributed by atoms with E-state index < -0.39 is 11.7 Å². The number of carbonyl (C=O) groups excluding carboxylic acids is 1. The molecule has 0 saturated carbocycles. The first kappa shape index (κ1) is 16.3. The average molecular weight is 298 g/mol. The first-order valence-corrected chi connectivity index (χ1v) is 6.70. The van der Waals surface area contributed by atoms with E-state index in [1.165, 1.54) is 0 Å². The van der Waals surface area contributed by atoms with Crippen molar-refractivity contribution in [3.05, 3.63) is 28.9 Å². The van der Waals surface area contributed by atoms with Crippen molar-refractivity contribution in [3.8, 4) is 0 Å². The van der Waals surface area contributed by atoms with Gasteiger partial charge < -0.3 is 15.8 Å². The van der Waals surface area contributed by atoms with Crippen LogP contribution in [0, 0.1) is 0 Å². The fourth-order valence-electron chi connectivity index (χ4n) is 1.35. The van der Waals surface area contributed by atoms with Crippen molar-refractivity contribution in [2.24, 2.45) is 0 Å². The number of pyridine rings is 1. The van der Waals surface area contributed by atoms with Gasteiger partial charge in [-0.15, -0.1) is 0 Å². The van der Waals surface area contributed by atoms with Crippen molar-refractivity contribution in [1.29, 1.82) is 0 Å². The topological polar surface area (TPSA) is 77.2 Å². The van der Waals surface area contributed by atoms with Crippen molar-refractivity contribution in [1.82, 2.24) is 10.3 Å². The molecule has 0 bridgehead atoms. The molecule has 1 amide bonds. The Balaban J connectivity index is 2.32. The summed E-state index contributed by atoms with van der Waals surface area (Å²) in [5.41, 5.74) is 5.90. The summed E-state index contributed by atoms with van der Waals surface area (Å²) in [5, 5.41) is 3.10. The molecule has 0 atom stereocenters. The fraction of sp³-hybridized carbons (Fsp3) is 0.429. The molecule has 0 aliphatic heterocycles. The van der Waals surface area contributed by atoms with E-state index in [-0.39, 0.29) is 0 Å². The maximum atomic E-state index is 11.4. The van der Waals surface area contributed by atoms with Crippen LogP contribution in [-0.4, -0.2) is 23.2 Å². The number of amides is 1. The summed E-state index contributed by atoms with van der Waals surface area (Å²) >= 11 is 5.86. The molecule has 5 nitrogen and oxygen atoms in total. The molecule has 1 rings (SSSR count). The van der Waals surface area contributed by atoms with Crippen LogP contribution in [0.25, 0.3) is 6.08 Å². The van der Waals surface area contributed by atoms with Gasteiger partial charge in [-0.05, 0) is 38.8 Å². The number of halogens is 1. The van der Waals surface area contributed by atoms with Crippen LogP contribution in [0.15, 0.2) is 18.3 Å². The van der Waals surface area contributed by atoms with Gasteiger partial charge in [-0.2, -0.15) is 0 Å². The molecule has 0 saturated heterocycles. The zero-order valence-electron chi connectivity index (χ0n) is 11.9. The number of nitrogens with two attached hydrogens (primary N) is 1. The zero-order chi connectivity index (χ0) is 15.2. The summed E-state index contributed by atoms with van der Waals surface area (Å²) in [6.07, 6.45) is 5.69. The maximum Gasteiger partial charge on any atom is 0.407 e. The van der Waals surface area contributed by atoms with Crippen molar-refractivity contribution in [3.63, 3.8) is 0 Å². The zero-order valence-corrected chi connectivity index (χ0v) is 12.7. The van der Waals surface area contributed by atoms with E-state index in [4.69, 9.17) is 22.1 Å². The standard InChI is InChI=1S/C14H20ClN3O2/c1-14(2,3)20-13(19)17-7-5-4-6-10-8-11(15)12(16)18-9-10/h4,6,8-9H,5,7H2,1-3H3,(H2,16,18)(H,17,19)/b6-4+. The van der Waals surface area contributed by atoms with E-state index in [1.54, 1.807) is 12.3 Å². The van der Waals surface area contributed by atoms with Crippen molar-refractivity contribution >= 4 is 29.6 Å². The minimum Gasteiger partial charge on any atom is -0.444 e. The molecule has 0 aromatic carbocycles. The lowest BCUT2D eigenvalue weighted by atomic mass is 10.2. The molecule has 3 N–H and O–H groups in total. The van der Waals surface area contributed by atoms with Gasteiger partial charge in [0.1, 0.15) is 11.4 Å². The largest absolute Gasteiger partial charge is 0.444 e. The highest BCUT2D eigenvalue weighted by Gasteiger charge is 2.15.